The highest BCUT2D eigenvalue weighted by Crippen LogP contribution is 2.07. The fourth-order valence-corrected chi connectivity index (χ4v) is 0.866. The number of carbonyl (C=O) groups is 1. The van der Waals surface area contributed by atoms with Crippen molar-refractivity contribution < 1.29 is 9.53 Å². The minimum atomic E-state index is -0.435. The van der Waals surface area contributed by atoms with Gasteiger partial charge in [-0.15, -0.1) is 0 Å². The molecule has 0 saturated carbocycles. The lowest BCUT2D eigenvalue weighted by Gasteiger charge is -2.13. The zero-order valence-corrected chi connectivity index (χ0v) is 6.26. The second-order valence-electron chi connectivity index (χ2n) is 2.62. The second-order valence-corrected chi connectivity index (χ2v) is 2.62. The molecular formula is C7H11NO2. The third-order valence-corrected chi connectivity index (χ3v) is 1.49. The van der Waals surface area contributed by atoms with Crippen molar-refractivity contribution in [1.29, 1.82) is 0 Å². The second kappa shape index (κ2) is 2.82. The van der Waals surface area contributed by atoms with Crippen molar-refractivity contribution in [3.05, 3.63) is 0 Å². The summed E-state index contributed by atoms with van der Waals surface area (Å²) >= 11 is 0. The predicted molar refractivity (Wildman–Crippen MR) is 38.2 cm³/mol. The van der Waals surface area contributed by atoms with E-state index in [9.17, 15) is 4.79 Å². The zero-order valence-electron chi connectivity index (χ0n) is 6.26. The molecule has 0 saturated heterocycles. The predicted octanol–water partition coefficient (Wildman–Crippen LogP) is 1.62. The standard InChI is InChI=1S/C7H11NO2/c1-5(2)6-3-4-10-7(9)8-6/h5H,3-4H2,1-2H3. The van der Waals surface area contributed by atoms with Crippen LogP contribution in [-0.4, -0.2) is 18.4 Å². The van der Waals surface area contributed by atoms with Crippen LogP contribution in [0.2, 0.25) is 0 Å². The molecule has 1 aliphatic rings. The normalized spacial score (nSPS) is 18.7. The summed E-state index contributed by atoms with van der Waals surface area (Å²) in [6, 6.07) is 0. The van der Waals surface area contributed by atoms with Crippen LogP contribution in [0.15, 0.2) is 4.99 Å². The molecule has 3 nitrogen and oxygen atoms in total. The van der Waals surface area contributed by atoms with Crippen molar-refractivity contribution in [2.75, 3.05) is 6.61 Å². The van der Waals surface area contributed by atoms with Crippen LogP contribution in [0, 0.1) is 5.92 Å². The van der Waals surface area contributed by atoms with Gasteiger partial charge in [-0.2, -0.15) is 4.99 Å². The van der Waals surface area contributed by atoms with E-state index in [2.05, 4.69) is 9.73 Å². The number of hydrogen-bond donors (Lipinski definition) is 0. The van der Waals surface area contributed by atoms with E-state index >= 15 is 0 Å². The third kappa shape index (κ3) is 1.56. The van der Waals surface area contributed by atoms with Crippen molar-refractivity contribution in [2.24, 2.45) is 10.9 Å². The lowest BCUT2D eigenvalue weighted by molar-refractivity contribution is 0.155. The SMILES string of the molecule is CC(C)C1=NC(=O)OCC1. The van der Waals surface area contributed by atoms with Gasteiger partial charge >= 0.3 is 6.09 Å². The van der Waals surface area contributed by atoms with Gasteiger partial charge in [-0.1, -0.05) is 13.8 Å². The van der Waals surface area contributed by atoms with Crippen molar-refractivity contribution >= 4 is 11.8 Å². The number of ether oxygens (including phenoxy) is 1. The Morgan fingerprint density at radius 1 is 1.60 bits per heavy atom. The average molecular weight is 141 g/mol. The van der Waals surface area contributed by atoms with E-state index in [0.29, 0.717) is 12.5 Å². The molecule has 0 aromatic heterocycles. The molecule has 0 aromatic carbocycles. The molecule has 1 amide bonds. The fraction of sp³-hybridized carbons (Fsp3) is 0.714. The summed E-state index contributed by atoms with van der Waals surface area (Å²) in [6.45, 7) is 4.55. The number of hydrogen-bond acceptors (Lipinski definition) is 2. The molecule has 1 aliphatic heterocycles. The molecule has 1 heterocycles. The van der Waals surface area contributed by atoms with Gasteiger partial charge < -0.3 is 4.74 Å². The first-order valence-electron chi connectivity index (χ1n) is 3.44. The van der Waals surface area contributed by atoms with Crippen molar-refractivity contribution in [3.63, 3.8) is 0 Å². The summed E-state index contributed by atoms with van der Waals surface area (Å²) < 4.78 is 4.63. The number of nitrogens with zero attached hydrogens (tertiary/aromatic N) is 1. The molecular weight excluding hydrogens is 130 g/mol. The Kier molecular flexibility index (Phi) is 2.04. The fourth-order valence-electron chi connectivity index (χ4n) is 0.866. The highest BCUT2D eigenvalue weighted by atomic mass is 16.5. The van der Waals surface area contributed by atoms with E-state index in [1.54, 1.807) is 0 Å². The number of aliphatic imine (C=N–C) groups is 1. The van der Waals surface area contributed by atoms with Crippen molar-refractivity contribution in [3.8, 4) is 0 Å². The molecule has 0 atom stereocenters. The van der Waals surface area contributed by atoms with Crippen LogP contribution in [0.25, 0.3) is 0 Å². The maximum absolute atomic E-state index is 10.6. The summed E-state index contributed by atoms with van der Waals surface area (Å²) in [7, 11) is 0. The minimum absolute atomic E-state index is 0.368. The highest BCUT2D eigenvalue weighted by molar-refractivity contribution is 5.95. The largest absolute Gasteiger partial charge is 0.448 e. The summed E-state index contributed by atoms with van der Waals surface area (Å²) in [5.41, 5.74) is 0.955. The topological polar surface area (TPSA) is 38.7 Å². The van der Waals surface area contributed by atoms with Gasteiger partial charge in [0.1, 0.15) is 0 Å². The Balaban J connectivity index is 2.66. The molecule has 0 aliphatic carbocycles. The van der Waals surface area contributed by atoms with Crippen LogP contribution in [0.5, 0.6) is 0 Å². The quantitative estimate of drug-likeness (QED) is 0.556. The average Bonchev–Trinajstić information content (AvgIpc) is 1.88. The van der Waals surface area contributed by atoms with Gasteiger partial charge in [-0.25, -0.2) is 4.79 Å². The van der Waals surface area contributed by atoms with Crippen LogP contribution in [-0.2, 0) is 4.74 Å². The monoisotopic (exact) mass is 141 g/mol. The summed E-state index contributed by atoms with van der Waals surface area (Å²) in [5.74, 6) is 0.368. The van der Waals surface area contributed by atoms with Crippen molar-refractivity contribution in [1.82, 2.24) is 0 Å². The Hall–Kier alpha value is -0.860. The highest BCUT2D eigenvalue weighted by Gasteiger charge is 2.14. The Labute approximate surface area is 60.1 Å². The van der Waals surface area contributed by atoms with Crippen LogP contribution >= 0.6 is 0 Å². The lowest BCUT2D eigenvalue weighted by Crippen LogP contribution is -2.19. The molecule has 1 rings (SSSR count). The molecule has 0 spiro atoms. The van der Waals surface area contributed by atoms with E-state index in [-0.39, 0.29) is 0 Å². The van der Waals surface area contributed by atoms with E-state index in [1.165, 1.54) is 0 Å². The molecule has 10 heavy (non-hydrogen) atoms. The van der Waals surface area contributed by atoms with Crippen LogP contribution in [0.1, 0.15) is 20.3 Å². The van der Waals surface area contributed by atoms with Crippen molar-refractivity contribution in [2.45, 2.75) is 20.3 Å². The van der Waals surface area contributed by atoms with Gasteiger partial charge in [0.2, 0.25) is 0 Å². The Morgan fingerprint density at radius 2 is 2.30 bits per heavy atom. The summed E-state index contributed by atoms with van der Waals surface area (Å²) in [4.78, 5) is 14.3. The molecule has 0 N–H and O–H groups in total. The Bertz CT molecular complexity index is 172. The third-order valence-electron chi connectivity index (χ3n) is 1.49. The minimum Gasteiger partial charge on any atom is -0.448 e. The smallest absolute Gasteiger partial charge is 0.433 e. The van der Waals surface area contributed by atoms with Gasteiger partial charge in [0.15, 0.2) is 0 Å². The molecule has 0 aromatic rings. The first kappa shape index (κ1) is 7.25. The number of amides is 1. The maximum Gasteiger partial charge on any atom is 0.433 e. The van der Waals surface area contributed by atoms with E-state index in [1.807, 2.05) is 13.8 Å². The van der Waals surface area contributed by atoms with Gasteiger partial charge in [0, 0.05) is 12.1 Å². The zero-order chi connectivity index (χ0) is 7.56. The molecule has 0 unspecified atom stereocenters. The van der Waals surface area contributed by atoms with Gasteiger partial charge in [-0.3, -0.25) is 0 Å². The summed E-state index contributed by atoms with van der Waals surface area (Å²) in [5, 5.41) is 0. The first-order chi connectivity index (χ1) is 4.70. The molecule has 0 bridgehead atoms. The number of cyclic esters (lactones) is 1. The van der Waals surface area contributed by atoms with Gasteiger partial charge in [0.25, 0.3) is 0 Å². The maximum atomic E-state index is 10.6. The Morgan fingerprint density at radius 3 is 2.70 bits per heavy atom. The van der Waals surface area contributed by atoms with Gasteiger partial charge in [0.05, 0.1) is 6.61 Å². The number of carbonyl (C=O) groups excluding carboxylic acids is 1. The number of rotatable bonds is 1. The lowest BCUT2D eigenvalue weighted by atomic mass is 10.1. The molecule has 0 radical (unpaired) electrons. The van der Waals surface area contributed by atoms with Gasteiger partial charge in [-0.05, 0) is 5.92 Å². The van der Waals surface area contributed by atoms with E-state index < -0.39 is 6.09 Å². The molecule has 3 heteroatoms. The van der Waals surface area contributed by atoms with Crippen LogP contribution < -0.4 is 0 Å². The first-order valence-corrected chi connectivity index (χ1v) is 3.44. The van der Waals surface area contributed by atoms with E-state index in [0.717, 1.165) is 12.1 Å². The molecule has 0 fully saturated rings. The van der Waals surface area contributed by atoms with Crippen LogP contribution in [0.4, 0.5) is 4.79 Å². The molecule has 56 valence electrons. The van der Waals surface area contributed by atoms with E-state index in [4.69, 9.17) is 0 Å². The summed E-state index contributed by atoms with van der Waals surface area (Å²) in [6.07, 6.45) is 0.360. The van der Waals surface area contributed by atoms with Crippen LogP contribution in [0.3, 0.4) is 0 Å².